The van der Waals surface area contributed by atoms with Crippen LogP contribution in [0.3, 0.4) is 0 Å². The number of nitrogens with one attached hydrogen (secondary N) is 2. The van der Waals surface area contributed by atoms with Crippen molar-refractivity contribution >= 4 is 51.9 Å². The predicted octanol–water partition coefficient (Wildman–Crippen LogP) is 4.39. The molecule has 0 bridgehead atoms. The van der Waals surface area contributed by atoms with Crippen molar-refractivity contribution < 1.29 is 4.92 Å². The van der Waals surface area contributed by atoms with Crippen molar-refractivity contribution in [2.75, 3.05) is 5.32 Å². The molecule has 2 aromatic rings. The first-order valence-corrected chi connectivity index (χ1v) is 7.35. The SMILES string of the molecule is O=[N+]([O-])c1cccc(NC(=S)NCc2ccc(Cl)cc2Cl)c1. The second kappa shape index (κ2) is 7.40. The normalized spacial score (nSPS) is 10.1. The summed E-state index contributed by atoms with van der Waals surface area (Å²) in [7, 11) is 0. The fourth-order valence-corrected chi connectivity index (χ4v) is 2.38. The largest absolute Gasteiger partial charge is 0.358 e. The Morgan fingerprint density at radius 2 is 2.00 bits per heavy atom. The molecule has 22 heavy (non-hydrogen) atoms. The summed E-state index contributed by atoms with van der Waals surface area (Å²) in [6.07, 6.45) is 0. The van der Waals surface area contributed by atoms with E-state index >= 15 is 0 Å². The van der Waals surface area contributed by atoms with Gasteiger partial charge in [-0.25, -0.2) is 0 Å². The fourth-order valence-electron chi connectivity index (χ4n) is 1.71. The average Bonchev–Trinajstić information content (AvgIpc) is 2.46. The number of non-ortho nitro benzene ring substituents is 1. The van der Waals surface area contributed by atoms with Crippen LogP contribution in [0.4, 0.5) is 11.4 Å². The molecule has 0 saturated heterocycles. The molecule has 2 aromatic carbocycles. The highest BCUT2D eigenvalue weighted by molar-refractivity contribution is 7.80. The van der Waals surface area contributed by atoms with Gasteiger partial charge in [-0.15, -0.1) is 0 Å². The van der Waals surface area contributed by atoms with Crippen LogP contribution in [0, 0.1) is 10.1 Å². The highest BCUT2D eigenvalue weighted by atomic mass is 35.5. The number of thiocarbonyl (C=S) groups is 1. The van der Waals surface area contributed by atoms with Gasteiger partial charge in [-0.1, -0.05) is 35.3 Å². The number of halogens is 2. The number of benzene rings is 2. The zero-order valence-corrected chi connectivity index (χ0v) is 13.5. The number of hydrogen-bond acceptors (Lipinski definition) is 3. The van der Waals surface area contributed by atoms with Crippen molar-refractivity contribution in [2.24, 2.45) is 0 Å². The molecule has 2 N–H and O–H groups in total. The highest BCUT2D eigenvalue weighted by Crippen LogP contribution is 2.21. The smallest absolute Gasteiger partial charge is 0.271 e. The third-order valence-corrected chi connectivity index (χ3v) is 3.60. The second-order valence-corrected chi connectivity index (χ2v) is 5.60. The average molecular weight is 356 g/mol. The van der Waals surface area contributed by atoms with E-state index in [0.717, 1.165) is 5.56 Å². The van der Waals surface area contributed by atoms with Crippen LogP contribution in [0.1, 0.15) is 5.56 Å². The Labute approximate surface area is 142 Å². The Balaban J connectivity index is 1.95. The summed E-state index contributed by atoms with van der Waals surface area (Å²) < 4.78 is 0. The van der Waals surface area contributed by atoms with E-state index in [9.17, 15) is 10.1 Å². The van der Waals surface area contributed by atoms with Gasteiger partial charge in [0, 0.05) is 34.4 Å². The summed E-state index contributed by atoms with van der Waals surface area (Å²) in [5.41, 5.74) is 1.37. The minimum atomic E-state index is -0.463. The standard InChI is InChI=1S/C14H11Cl2N3O2S/c15-10-5-4-9(13(16)6-10)8-17-14(22)18-11-2-1-3-12(7-11)19(20)21/h1-7H,8H2,(H2,17,18,22). The van der Waals surface area contributed by atoms with Crippen LogP contribution in [0.5, 0.6) is 0 Å². The van der Waals surface area contributed by atoms with E-state index in [4.69, 9.17) is 35.4 Å². The minimum absolute atomic E-state index is 0.00598. The van der Waals surface area contributed by atoms with Crippen LogP contribution in [-0.2, 0) is 6.54 Å². The molecule has 0 saturated carbocycles. The fraction of sp³-hybridized carbons (Fsp3) is 0.0714. The maximum Gasteiger partial charge on any atom is 0.271 e. The van der Waals surface area contributed by atoms with Crippen molar-refractivity contribution in [3.63, 3.8) is 0 Å². The third kappa shape index (κ3) is 4.56. The van der Waals surface area contributed by atoms with Crippen molar-refractivity contribution in [1.29, 1.82) is 0 Å². The van der Waals surface area contributed by atoms with Crippen molar-refractivity contribution in [2.45, 2.75) is 6.54 Å². The molecular formula is C14H11Cl2N3O2S. The number of rotatable bonds is 4. The van der Waals surface area contributed by atoms with Gasteiger partial charge in [-0.3, -0.25) is 10.1 Å². The number of nitro benzene ring substituents is 1. The van der Waals surface area contributed by atoms with E-state index in [0.29, 0.717) is 27.4 Å². The molecule has 0 aliphatic heterocycles. The van der Waals surface area contributed by atoms with Crippen LogP contribution in [-0.4, -0.2) is 10.0 Å². The molecule has 0 unspecified atom stereocenters. The van der Waals surface area contributed by atoms with Gasteiger partial charge >= 0.3 is 0 Å². The Kier molecular flexibility index (Phi) is 5.54. The van der Waals surface area contributed by atoms with Gasteiger partial charge in [-0.2, -0.15) is 0 Å². The van der Waals surface area contributed by atoms with Crippen molar-refractivity contribution in [1.82, 2.24) is 5.32 Å². The minimum Gasteiger partial charge on any atom is -0.358 e. The molecule has 0 aromatic heterocycles. The first-order chi connectivity index (χ1) is 10.5. The molecule has 0 aliphatic carbocycles. The maximum atomic E-state index is 10.7. The maximum absolute atomic E-state index is 10.7. The van der Waals surface area contributed by atoms with Crippen molar-refractivity contribution in [3.8, 4) is 0 Å². The molecule has 0 heterocycles. The molecule has 8 heteroatoms. The summed E-state index contributed by atoms with van der Waals surface area (Å²) in [5, 5.41) is 18.0. The van der Waals surface area contributed by atoms with Gasteiger partial charge < -0.3 is 10.6 Å². The van der Waals surface area contributed by atoms with Crippen LogP contribution >= 0.6 is 35.4 Å². The van der Waals surface area contributed by atoms with Gasteiger partial charge in [0.1, 0.15) is 0 Å². The van der Waals surface area contributed by atoms with Crippen LogP contribution in [0.2, 0.25) is 10.0 Å². The lowest BCUT2D eigenvalue weighted by Gasteiger charge is -2.11. The molecule has 114 valence electrons. The first-order valence-electron chi connectivity index (χ1n) is 6.19. The van der Waals surface area contributed by atoms with Gasteiger partial charge in [-0.05, 0) is 36.0 Å². The molecular weight excluding hydrogens is 345 g/mol. The molecule has 0 aliphatic rings. The number of nitrogens with zero attached hydrogens (tertiary/aromatic N) is 1. The molecule has 0 radical (unpaired) electrons. The van der Waals surface area contributed by atoms with E-state index < -0.39 is 4.92 Å². The van der Waals surface area contributed by atoms with E-state index in [1.54, 1.807) is 30.3 Å². The van der Waals surface area contributed by atoms with Crippen molar-refractivity contribution in [3.05, 3.63) is 68.2 Å². The lowest BCUT2D eigenvalue weighted by Crippen LogP contribution is -2.28. The van der Waals surface area contributed by atoms with Crippen LogP contribution in [0.25, 0.3) is 0 Å². The Morgan fingerprint density at radius 3 is 2.68 bits per heavy atom. The summed E-state index contributed by atoms with van der Waals surface area (Å²) in [6, 6.07) is 11.3. The molecule has 0 fully saturated rings. The van der Waals surface area contributed by atoms with Gasteiger partial charge in [0.15, 0.2) is 5.11 Å². The quantitative estimate of drug-likeness (QED) is 0.483. The zero-order chi connectivity index (χ0) is 16.1. The summed E-state index contributed by atoms with van der Waals surface area (Å²) >= 11 is 17.0. The molecule has 2 rings (SSSR count). The van der Waals surface area contributed by atoms with E-state index in [-0.39, 0.29) is 5.69 Å². The Morgan fingerprint density at radius 1 is 1.23 bits per heavy atom. The van der Waals surface area contributed by atoms with Gasteiger partial charge in [0.25, 0.3) is 5.69 Å². The second-order valence-electron chi connectivity index (χ2n) is 4.35. The lowest BCUT2D eigenvalue weighted by atomic mass is 10.2. The van der Waals surface area contributed by atoms with E-state index in [2.05, 4.69) is 10.6 Å². The summed E-state index contributed by atoms with van der Waals surface area (Å²) in [4.78, 5) is 10.3. The summed E-state index contributed by atoms with van der Waals surface area (Å²) in [5.74, 6) is 0. The van der Waals surface area contributed by atoms with Gasteiger partial charge in [0.2, 0.25) is 0 Å². The Bertz CT molecular complexity index is 725. The molecule has 0 spiro atoms. The molecule has 0 amide bonds. The molecule has 0 atom stereocenters. The van der Waals surface area contributed by atoms with Crippen LogP contribution < -0.4 is 10.6 Å². The van der Waals surface area contributed by atoms with E-state index in [1.165, 1.54) is 12.1 Å². The number of anilines is 1. The Hall–Kier alpha value is -1.89. The first kappa shape index (κ1) is 16.5. The topological polar surface area (TPSA) is 67.2 Å². The highest BCUT2D eigenvalue weighted by Gasteiger charge is 2.07. The number of hydrogen-bond donors (Lipinski definition) is 2. The third-order valence-electron chi connectivity index (χ3n) is 2.77. The monoisotopic (exact) mass is 355 g/mol. The zero-order valence-electron chi connectivity index (χ0n) is 11.2. The molecule has 5 nitrogen and oxygen atoms in total. The van der Waals surface area contributed by atoms with E-state index in [1.807, 2.05) is 0 Å². The number of nitro groups is 1. The van der Waals surface area contributed by atoms with Gasteiger partial charge in [0.05, 0.1) is 4.92 Å². The summed E-state index contributed by atoms with van der Waals surface area (Å²) in [6.45, 7) is 0.413. The van der Waals surface area contributed by atoms with Crippen LogP contribution in [0.15, 0.2) is 42.5 Å². The predicted molar refractivity (Wildman–Crippen MR) is 92.6 cm³/mol. The lowest BCUT2D eigenvalue weighted by molar-refractivity contribution is -0.384.